The predicted molar refractivity (Wildman–Crippen MR) is 104 cm³/mol. The number of rotatable bonds is 6. The van der Waals surface area contributed by atoms with Crippen molar-refractivity contribution in [3.8, 4) is 0 Å². The molecule has 1 atom stereocenters. The molecule has 2 aromatic carbocycles. The largest absolute Gasteiger partial charge is 0.324 e. The number of carbonyl (C=O) groups is 1. The number of hydrogen-bond donors (Lipinski definition) is 1. The highest BCUT2D eigenvalue weighted by Gasteiger charge is 2.04. The van der Waals surface area contributed by atoms with E-state index in [1.165, 1.54) is 0 Å². The van der Waals surface area contributed by atoms with E-state index in [0.717, 1.165) is 29.8 Å². The van der Waals surface area contributed by atoms with Gasteiger partial charge in [0, 0.05) is 28.1 Å². The molecule has 0 fully saturated rings. The summed E-state index contributed by atoms with van der Waals surface area (Å²) in [5, 5.41) is 1.39. The van der Waals surface area contributed by atoms with E-state index in [1.807, 2.05) is 31.2 Å². The molecule has 0 radical (unpaired) electrons. The minimum absolute atomic E-state index is 0.133. The molecule has 0 saturated carbocycles. The zero-order valence-electron chi connectivity index (χ0n) is 14.3. The second kappa shape index (κ2) is 11.2. The van der Waals surface area contributed by atoms with Crippen LogP contribution in [0.2, 0.25) is 10.0 Å². The van der Waals surface area contributed by atoms with Gasteiger partial charge in [0.2, 0.25) is 0 Å². The van der Waals surface area contributed by atoms with Crippen LogP contribution in [0.15, 0.2) is 48.5 Å². The molecule has 0 bridgehead atoms. The Kier molecular flexibility index (Phi) is 9.70. The summed E-state index contributed by atoms with van der Waals surface area (Å²) in [6.07, 6.45) is 3.60. The molecule has 2 nitrogen and oxygen atoms in total. The van der Waals surface area contributed by atoms with E-state index in [1.54, 1.807) is 24.3 Å². The maximum absolute atomic E-state index is 11.3. The standard InChI is InChI=1S/C10H14ClN.C10H11ClO/c2*1-2-4-10(12)8-5-3-6-9(11)7-8/h3,5-7,10H,2,4,12H2,1H3;3,5-7H,2,4H2,1H3. The predicted octanol–water partition coefficient (Wildman–Crippen LogP) is 6.46. The molecule has 0 aliphatic carbocycles. The second-order valence-electron chi connectivity index (χ2n) is 5.63. The Morgan fingerprint density at radius 1 is 1.00 bits per heavy atom. The third kappa shape index (κ3) is 7.48. The van der Waals surface area contributed by atoms with E-state index in [9.17, 15) is 4.79 Å². The van der Waals surface area contributed by atoms with Crippen molar-refractivity contribution in [2.45, 2.75) is 45.6 Å². The van der Waals surface area contributed by atoms with Crippen molar-refractivity contribution < 1.29 is 4.79 Å². The van der Waals surface area contributed by atoms with E-state index < -0.39 is 0 Å². The van der Waals surface area contributed by atoms with Gasteiger partial charge in [-0.3, -0.25) is 4.79 Å². The van der Waals surface area contributed by atoms with E-state index in [4.69, 9.17) is 28.9 Å². The average molecular weight is 366 g/mol. The topological polar surface area (TPSA) is 43.1 Å². The highest BCUT2D eigenvalue weighted by Crippen LogP contribution is 2.19. The van der Waals surface area contributed by atoms with Gasteiger partial charge in [-0.2, -0.15) is 0 Å². The van der Waals surface area contributed by atoms with Gasteiger partial charge in [0.05, 0.1) is 0 Å². The summed E-state index contributed by atoms with van der Waals surface area (Å²) in [7, 11) is 0. The summed E-state index contributed by atoms with van der Waals surface area (Å²) in [6, 6.07) is 15.0. The molecule has 0 aliphatic heterocycles. The number of hydrogen-bond acceptors (Lipinski definition) is 2. The molecule has 0 heterocycles. The lowest BCUT2D eigenvalue weighted by Crippen LogP contribution is -2.09. The molecule has 2 aromatic rings. The molecule has 0 aliphatic rings. The Bertz CT molecular complexity index is 643. The first kappa shape index (κ1) is 20.7. The molecular weight excluding hydrogens is 341 g/mol. The van der Waals surface area contributed by atoms with Crippen LogP contribution in [0.3, 0.4) is 0 Å². The van der Waals surface area contributed by atoms with E-state index >= 15 is 0 Å². The maximum atomic E-state index is 11.3. The molecule has 2 rings (SSSR count). The molecule has 24 heavy (non-hydrogen) atoms. The SMILES string of the molecule is CCCC(=O)c1cccc(Cl)c1.CCCC(N)c1cccc(Cl)c1. The summed E-state index contributed by atoms with van der Waals surface area (Å²) in [4.78, 5) is 11.3. The van der Waals surface area contributed by atoms with Crippen molar-refractivity contribution in [3.05, 3.63) is 69.7 Å². The summed E-state index contributed by atoms with van der Waals surface area (Å²) in [5.74, 6) is 0.167. The zero-order chi connectivity index (χ0) is 17.9. The molecule has 130 valence electrons. The van der Waals surface area contributed by atoms with Crippen LogP contribution in [-0.4, -0.2) is 5.78 Å². The molecule has 1 unspecified atom stereocenters. The van der Waals surface area contributed by atoms with Gasteiger partial charge in [0.25, 0.3) is 0 Å². The Balaban J connectivity index is 0.000000240. The van der Waals surface area contributed by atoms with Crippen LogP contribution in [-0.2, 0) is 0 Å². The first-order chi connectivity index (χ1) is 11.5. The highest BCUT2D eigenvalue weighted by atomic mass is 35.5. The van der Waals surface area contributed by atoms with Crippen LogP contribution in [0, 0.1) is 0 Å². The number of Topliss-reactive ketones (excluding diaryl/α,β-unsaturated/α-hetero) is 1. The Labute approximate surface area is 155 Å². The van der Waals surface area contributed by atoms with Crippen LogP contribution in [0.25, 0.3) is 0 Å². The monoisotopic (exact) mass is 365 g/mol. The summed E-state index contributed by atoms with van der Waals surface area (Å²) in [6.45, 7) is 4.12. The Morgan fingerprint density at radius 2 is 1.62 bits per heavy atom. The first-order valence-corrected chi connectivity index (χ1v) is 9.03. The number of ketones is 1. The van der Waals surface area contributed by atoms with Gasteiger partial charge in [0.1, 0.15) is 0 Å². The molecule has 0 saturated heterocycles. The first-order valence-electron chi connectivity index (χ1n) is 8.27. The fourth-order valence-corrected chi connectivity index (χ4v) is 2.64. The minimum Gasteiger partial charge on any atom is -0.324 e. The third-order valence-corrected chi connectivity index (χ3v) is 3.97. The number of halogens is 2. The number of nitrogens with two attached hydrogens (primary N) is 1. The second-order valence-corrected chi connectivity index (χ2v) is 6.51. The zero-order valence-corrected chi connectivity index (χ0v) is 15.8. The molecule has 2 N–H and O–H groups in total. The molecule has 0 amide bonds. The normalized spacial score (nSPS) is 11.4. The Hall–Kier alpha value is -1.35. The average Bonchev–Trinajstić information content (AvgIpc) is 2.56. The third-order valence-electron chi connectivity index (χ3n) is 3.50. The van der Waals surface area contributed by atoms with Crippen molar-refractivity contribution in [1.29, 1.82) is 0 Å². The summed E-state index contributed by atoms with van der Waals surface area (Å²) in [5.41, 5.74) is 7.76. The number of carbonyl (C=O) groups excluding carboxylic acids is 1. The lowest BCUT2D eigenvalue weighted by atomic mass is 10.0. The minimum atomic E-state index is 0.133. The van der Waals surface area contributed by atoms with Crippen molar-refractivity contribution in [1.82, 2.24) is 0 Å². The van der Waals surface area contributed by atoms with Gasteiger partial charge in [-0.1, -0.05) is 67.7 Å². The van der Waals surface area contributed by atoms with Crippen LogP contribution >= 0.6 is 23.2 Å². The Morgan fingerprint density at radius 3 is 2.17 bits per heavy atom. The molecular formula is C20H25Cl2NO. The van der Waals surface area contributed by atoms with Crippen LogP contribution in [0.1, 0.15) is 61.5 Å². The lowest BCUT2D eigenvalue weighted by molar-refractivity contribution is 0.0981. The van der Waals surface area contributed by atoms with Gasteiger partial charge in [-0.05, 0) is 42.7 Å². The molecule has 0 aromatic heterocycles. The summed E-state index contributed by atoms with van der Waals surface area (Å²) >= 11 is 11.6. The van der Waals surface area contributed by atoms with Gasteiger partial charge in [0.15, 0.2) is 5.78 Å². The van der Waals surface area contributed by atoms with Crippen molar-refractivity contribution >= 4 is 29.0 Å². The molecule has 4 heteroatoms. The lowest BCUT2D eigenvalue weighted by Gasteiger charge is -2.10. The van der Waals surface area contributed by atoms with Crippen LogP contribution in [0.4, 0.5) is 0 Å². The maximum Gasteiger partial charge on any atom is 0.162 e. The molecule has 0 spiro atoms. The van der Waals surface area contributed by atoms with E-state index in [2.05, 4.69) is 6.92 Å². The van der Waals surface area contributed by atoms with Gasteiger partial charge < -0.3 is 5.73 Å². The number of benzene rings is 2. The van der Waals surface area contributed by atoms with Crippen LogP contribution < -0.4 is 5.73 Å². The van der Waals surface area contributed by atoms with E-state index in [0.29, 0.717) is 17.0 Å². The van der Waals surface area contributed by atoms with Gasteiger partial charge in [-0.15, -0.1) is 0 Å². The van der Waals surface area contributed by atoms with Crippen molar-refractivity contribution in [2.75, 3.05) is 0 Å². The fourth-order valence-electron chi connectivity index (χ4n) is 2.25. The van der Waals surface area contributed by atoms with E-state index in [-0.39, 0.29) is 11.8 Å². The fraction of sp³-hybridized carbons (Fsp3) is 0.350. The summed E-state index contributed by atoms with van der Waals surface area (Å²) < 4.78 is 0. The van der Waals surface area contributed by atoms with Crippen molar-refractivity contribution in [3.63, 3.8) is 0 Å². The van der Waals surface area contributed by atoms with Crippen LogP contribution in [0.5, 0.6) is 0 Å². The van der Waals surface area contributed by atoms with Crippen molar-refractivity contribution in [2.24, 2.45) is 5.73 Å². The smallest absolute Gasteiger partial charge is 0.162 e. The quantitative estimate of drug-likeness (QED) is 0.596. The highest BCUT2D eigenvalue weighted by molar-refractivity contribution is 6.31. The van der Waals surface area contributed by atoms with Gasteiger partial charge >= 0.3 is 0 Å². The van der Waals surface area contributed by atoms with Gasteiger partial charge in [-0.25, -0.2) is 0 Å².